The van der Waals surface area contributed by atoms with Crippen molar-refractivity contribution in [1.29, 1.82) is 0 Å². The van der Waals surface area contributed by atoms with E-state index in [9.17, 15) is 9.59 Å². The second kappa shape index (κ2) is 8.39. The zero-order chi connectivity index (χ0) is 15.0. The van der Waals surface area contributed by atoms with Gasteiger partial charge in [0.05, 0.1) is 19.6 Å². The summed E-state index contributed by atoms with van der Waals surface area (Å²) in [6, 6.07) is 6.84. The number of ether oxygens (including phenoxy) is 2. The standard InChI is InChI=1S/C13H16ClNO5/c1-19-11(13(17)18)8-15-12(16)5-6-20-10-4-2-3-9(14)7-10/h2-4,7,11H,5-6,8H2,1H3,(H,15,16)(H,17,18). The van der Waals surface area contributed by atoms with Crippen LogP contribution in [0.2, 0.25) is 5.02 Å². The van der Waals surface area contributed by atoms with Gasteiger partial charge in [-0.25, -0.2) is 4.79 Å². The first-order valence-corrected chi connectivity index (χ1v) is 6.31. The minimum Gasteiger partial charge on any atom is -0.493 e. The molecule has 0 aromatic heterocycles. The van der Waals surface area contributed by atoms with Crippen LogP contribution in [0.25, 0.3) is 0 Å². The first-order chi connectivity index (χ1) is 9.52. The maximum absolute atomic E-state index is 11.5. The molecule has 6 nitrogen and oxygen atoms in total. The van der Waals surface area contributed by atoms with Gasteiger partial charge in [-0.2, -0.15) is 0 Å². The Balaban J connectivity index is 2.25. The molecule has 0 aliphatic rings. The summed E-state index contributed by atoms with van der Waals surface area (Å²) in [5.74, 6) is -0.857. The highest BCUT2D eigenvalue weighted by molar-refractivity contribution is 6.30. The van der Waals surface area contributed by atoms with Gasteiger partial charge in [0, 0.05) is 12.1 Å². The maximum Gasteiger partial charge on any atom is 0.334 e. The molecule has 0 aliphatic heterocycles. The van der Waals surface area contributed by atoms with Crippen molar-refractivity contribution in [1.82, 2.24) is 5.32 Å². The number of carbonyl (C=O) groups excluding carboxylic acids is 1. The molecule has 20 heavy (non-hydrogen) atoms. The maximum atomic E-state index is 11.5. The molecular formula is C13H16ClNO5. The van der Waals surface area contributed by atoms with E-state index in [2.05, 4.69) is 10.1 Å². The summed E-state index contributed by atoms with van der Waals surface area (Å²) < 4.78 is 10.0. The third kappa shape index (κ3) is 5.90. The van der Waals surface area contributed by atoms with Gasteiger partial charge in [0.2, 0.25) is 5.91 Å². The Morgan fingerprint density at radius 3 is 2.80 bits per heavy atom. The SMILES string of the molecule is COC(CNC(=O)CCOc1cccc(Cl)c1)C(=O)O. The average molecular weight is 302 g/mol. The Morgan fingerprint density at radius 2 is 2.20 bits per heavy atom. The minimum atomic E-state index is -1.12. The summed E-state index contributed by atoms with van der Waals surface area (Å²) in [6.45, 7) is 0.0960. The van der Waals surface area contributed by atoms with E-state index in [0.717, 1.165) is 0 Å². The highest BCUT2D eigenvalue weighted by Crippen LogP contribution is 2.16. The lowest BCUT2D eigenvalue weighted by atomic mass is 10.3. The van der Waals surface area contributed by atoms with Crippen molar-refractivity contribution in [3.63, 3.8) is 0 Å². The Morgan fingerprint density at radius 1 is 1.45 bits per heavy atom. The molecular weight excluding hydrogens is 286 g/mol. The quantitative estimate of drug-likeness (QED) is 0.756. The fourth-order valence-corrected chi connectivity index (χ4v) is 1.57. The lowest BCUT2D eigenvalue weighted by Gasteiger charge is -2.11. The number of hydrogen-bond donors (Lipinski definition) is 2. The summed E-state index contributed by atoms with van der Waals surface area (Å²) in [4.78, 5) is 22.1. The molecule has 1 atom stereocenters. The second-order valence-corrected chi connectivity index (χ2v) is 4.36. The van der Waals surface area contributed by atoms with E-state index in [1.165, 1.54) is 7.11 Å². The molecule has 0 spiro atoms. The van der Waals surface area contributed by atoms with Gasteiger partial charge in [-0.05, 0) is 18.2 Å². The molecule has 0 fully saturated rings. The van der Waals surface area contributed by atoms with Crippen LogP contribution in [-0.2, 0) is 14.3 Å². The molecule has 1 aromatic rings. The van der Waals surface area contributed by atoms with Crippen molar-refractivity contribution in [2.24, 2.45) is 0 Å². The summed E-state index contributed by atoms with van der Waals surface area (Å²) >= 11 is 5.79. The van der Waals surface area contributed by atoms with Crippen molar-refractivity contribution < 1.29 is 24.2 Å². The Bertz CT molecular complexity index is 466. The van der Waals surface area contributed by atoms with Gasteiger partial charge in [-0.15, -0.1) is 0 Å². The van der Waals surface area contributed by atoms with E-state index < -0.39 is 12.1 Å². The molecule has 1 unspecified atom stereocenters. The number of nitrogens with one attached hydrogen (secondary N) is 1. The molecule has 0 saturated heterocycles. The average Bonchev–Trinajstić information content (AvgIpc) is 2.39. The van der Waals surface area contributed by atoms with Gasteiger partial charge in [0.1, 0.15) is 5.75 Å². The number of carboxylic acid groups (broad SMARTS) is 1. The fraction of sp³-hybridized carbons (Fsp3) is 0.385. The van der Waals surface area contributed by atoms with Crippen molar-refractivity contribution in [3.05, 3.63) is 29.3 Å². The number of halogens is 1. The van der Waals surface area contributed by atoms with Gasteiger partial charge >= 0.3 is 5.97 Å². The normalized spacial score (nSPS) is 11.7. The number of aliphatic carboxylic acids is 1. The minimum absolute atomic E-state index is 0.0815. The highest BCUT2D eigenvalue weighted by Gasteiger charge is 2.16. The number of benzene rings is 1. The largest absolute Gasteiger partial charge is 0.493 e. The summed E-state index contributed by atoms with van der Waals surface area (Å²) in [6.07, 6.45) is -0.935. The van der Waals surface area contributed by atoms with E-state index in [1.54, 1.807) is 24.3 Å². The highest BCUT2D eigenvalue weighted by atomic mass is 35.5. The van der Waals surface area contributed by atoms with E-state index in [4.69, 9.17) is 21.4 Å². The van der Waals surface area contributed by atoms with Gasteiger partial charge < -0.3 is 19.9 Å². The van der Waals surface area contributed by atoms with Gasteiger partial charge in [-0.3, -0.25) is 4.79 Å². The van der Waals surface area contributed by atoms with Crippen LogP contribution in [0.1, 0.15) is 6.42 Å². The summed E-state index contributed by atoms with van der Waals surface area (Å²) in [5.41, 5.74) is 0. The van der Waals surface area contributed by atoms with Crippen LogP contribution >= 0.6 is 11.6 Å². The van der Waals surface area contributed by atoms with Crippen molar-refractivity contribution in [2.75, 3.05) is 20.3 Å². The Kier molecular flexibility index (Phi) is 6.83. The molecule has 0 aliphatic carbocycles. The molecule has 1 amide bonds. The molecule has 1 aromatic carbocycles. The van der Waals surface area contributed by atoms with E-state index in [1.807, 2.05) is 0 Å². The summed E-state index contributed by atoms with van der Waals surface area (Å²) in [7, 11) is 1.27. The van der Waals surface area contributed by atoms with Gasteiger partial charge in [0.15, 0.2) is 6.10 Å². The van der Waals surface area contributed by atoms with Crippen LogP contribution in [0.3, 0.4) is 0 Å². The number of hydrogen-bond acceptors (Lipinski definition) is 4. The van der Waals surface area contributed by atoms with Crippen molar-refractivity contribution in [2.45, 2.75) is 12.5 Å². The molecule has 1 rings (SSSR count). The first kappa shape index (κ1) is 16.3. The Hall–Kier alpha value is -1.79. The fourth-order valence-electron chi connectivity index (χ4n) is 1.38. The number of carboxylic acids is 1. The number of carbonyl (C=O) groups is 2. The zero-order valence-corrected chi connectivity index (χ0v) is 11.7. The molecule has 2 N–H and O–H groups in total. The lowest BCUT2D eigenvalue weighted by Crippen LogP contribution is -2.38. The lowest BCUT2D eigenvalue weighted by molar-refractivity contribution is -0.148. The van der Waals surface area contributed by atoms with Crippen LogP contribution in [-0.4, -0.2) is 43.3 Å². The molecule has 0 radical (unpaired) electrons. The van der Waals surface area contributed by atoms with E-state index >= 15 is 0 Å². The molecule has 0 heterocycles. The van der Waals surface area contributed by atoms with Crippen LogP contribution < -0.4 is 10.1 Å². The van der Waals surface area contributed by atoms with Crippen molar-refractivity contribution in [3.8, 4) is 5.75 Å². The Labute approximate surface area is 121 Å². The zero-order valence-electron chi connectivity index (χ0n) is 11.0. The number of amides is 1. The van der Waals surface area contributed by atoms with Crippen LogP contribution in [0, 0.1) is 0 Å². The summed E-state index contributed by atoms with van der Waals surface area (Å²) in [5, 5.41) is 11.7. The monoisotopic (exact) mass is 301 g/mol. The van der Waals surface area contributed by atoms with Gasteiger partial charge in [0.25, 0.3) is 0 Å². The van der Waals surface area contributed by atoms with Crippen LogP contribution in [0.15, 0.2) is 24.3 Å². The smallest absolute Gasteiger partial charge is 0.334 e. The van der Waals surface area contributed by atoms with Crippen molar-refractivity contribution >= 4 is 23.5 Å². The predicted molar refractivity (Wildman–Crippen MR) is 73.0 cm³/mol. The van der Waals surface area contributed by atoms with Gasteiger partial charge in [-0.1, -0.05) is 17.7 Å². The molecule has 0 bridgehead atoms. The van der Waals surface area contributed by atoms with E-state index in [-0.39, 0.29) is 25.5 Å². The topological polar surface area (TPSA) is 84.9 Å². The van der Waals surface area contributed by atoms with E-state index in [0.29, 0.717) is 10.8 Å². The number of methoxy groups -OCH3 is 1. The van der Waals surface area contributed by atoms with Crippen LogP contribution in [0.5, 0.6) is 5.75 Å². The van der Waals surface area contributed by atoms with Crippen LogP contribution in [0.4, 0.5) is 0 Å². The second-order valence-electron chi connectivity index (χ2n) is 3.92. The first-order valence-electron chi connectivity index (χ1n) is 5.93. The predicted octanol–water partition coefficient (Wildman–Crippen LogP) is 1.32. The molecule has 7 heteroatoms. The molecule has 110 valence electrons. The third-order valence-corrected chi connectivity index (χ3v) is 2.67. The number of rotatable bonds is 8. The molecule has 0 saturated carbocycles. The third-order valence-electron chi connectivity index (χ3n) is 2.44.